The number of rotatable bonds is 1. The number of hydrogen-bond acceptors (Lipinski definition) is 4. The SMILES string of the molecule is Cc1nc(-c2cnn(C)c2)cc2c1NCCN2C. The minimum atomic E-state index is 0.970. The fraction of sp³-hybridized carbons (Fsp3) is 0.385. The van der Waals surface area contributed by atoms with Crippen LogP contribution in [0.25, 0.3) is 11.3 Å². The van der Waals surface area contributed by atoms with Gasteiger partial charge in [0.15, 0.2) is 0 Å². The maximum absolute atomic E-state index is 4.66. The Labute approximate surface area is 106 Å². The number of nitrogens with one attached hydrogen (secondary N) is 1. The van der Waals surface area contributed by atoms with E-state index in [1.807, 2.05) is 26.4 Å². The van der Waals surface area contributed by atoms with Crippen molar-refractivity contribution in [3.63, 3.8) is 0 Å². The van der Waals surface area contributed by atoms with Crippen LogP contribution in [-0.4, -0.2) is 34.9 Å². The van der Waals surface area contributed by atoms with Gasteiger partial charge >= 0.3 is 0 Å². The molecular formula is C13H17N5. The molecule has 0 unspecified atom stereocenters. The Bertz CT molecular complexity index is 587. The highest BCUT2D eigenvalue weighted by Crippen LogP contribution is 2.33. The molecule has 1 N–H and O–H groups in total. The quantitative estimate of drug-likeness (QED) is 0.827. The average molecular weight is 243 g/mol. The van der Waals surface area contributed by atoms with E-state index >= 15 is 0 Å². The number of fused-ring (bicyclic) bond motifs is 1. The third-order valence-electron chi connectivity index (χ3n) is 3.34. The van der Waals surface area contributed by atoms with Crippen molar-refractivity contribution in [1.82, 2.24) is 14.8 Å². The lowest BCUT2D eigenvalue weighted by Gasteiger charge is -2.29. The minimum absolute atomic E-state index is 0.970. The first-order chi connectivity index (χ1) is 8.65. The van der Waals surface area contributed by atoms with Crippen molar-refractivity contribution < 1.29 is 0 Å². The highest BCUT2D eigenvalue weighted by atomic mass is 15.2. The zero-order chi connectivity index (χ0) is 12.7. The molecule has 3 rings (SSSR count). The van der Waals surface area contributed by atoms with Crippen molar-refractivity contribution in [2.24, 2.45) is 7.05 Å². The van der Waals surface area contributed by atoms with Gasteiger partial charge in [0.25, 0.3) is 0 Å². The van der Waals surface area contributed by atoms with Gasteiger partial charge in [0.05, 0.1) is 29.0 Å². The zero-order valence-electron chi connectivity index (χ0n) is 10.9. The molecular weight excluding hydrogens is 226 g/mol. The van der Waals surface area contributed by atoms with Crippen LogP contribution in [-0.2, 0) is 7.05 Å². The van der Waals surface area contributed by atoms with Crippen LogP contribution < -0.4 is 10.2 Å². The maximum Gasteiger partial charge on any atom is 0.0795 e. The van der Waals surface area contributed by atoms with Gasteiger partial charge in [-0.25, -0.2) is 0 Å². The van der Waals surface area contributed by atoms with Gasteiger partial charge in [0.1, 0.15) is 0 Å². The number of aromatic nitrogens is 3. The van der Waals surface area contributed by atoms with E-state index in [0.29, 0.717) is 0 Å². The predicted molar refractivity (Wildman–Crippen MR) is 72.9 cm³/mol. The summed E-state index contributed by atoms with van der Waals surface area (Å²) in [6, 6.07) is 2.13. The van der Waals surface area contributed by atoms with Crippen molar-refractivity contribution in [3.05, 3.63) is 24.2 Å². The molecule has 1 aliphatic rings. The highest BCUT2D eigenvalue weighted by Gasteiger charge is 2.18. The smallest absolute Gasteiger partial charge is 0.0795 e. The fourth-order valence-corrected chi connectivity index (χ4v) is 2.35. The summed E-state index contributed by atoms with van der Waals surface area (Å²) in [4.78, 5) is 6.93. The van der Waals surface area contributed by atoms with E-state index in [2.05, 4.69) is 33.4 Å². The summed E-state index contributed by atoms with van der Waals surface area (Å²) in [6.45, 7) is 4.03. The Balaban J connectivity index is 2.13. The molecule has 0 radical (unpaired) electrons. The monoisotopic (exact) mass is 243 g/mol. The molecule has 5 nitrogen and oxygen atoms in total. The first-order valence-corrected chi connectivity index (χ1v) is 6.11. The van der Waals surface area contributed by atoms with Crippen LogP contribution in [0.15, 0.2) is 18.5 Å². The lowest BCUT2D eigenvalue weighted by atomic mass is 10.1. The molecule has 0 amide bonds. The average Bonchev–Trinajstić information content (AvgIpc) is 2.77. The molecule has 0 saturated carbocycles. The second kappa shape index (κ2) is 4.01. The summed E-state index contributed by atoms with van der Waals surface area (Å²) in [5, 5.41) is 7.62. The fourth-order valence-electron chi connectivity index (χ4n) is 2.35. The topological polar surface area (TPSA) is 46.0 Å². The van der Waals surface area contributed by atoms with Crippen molar-refractivity contribution >= 4 is 11.4 Å². The number of aryl methyl sites for hydroxylation is 2. The van der Waals surface area contributed by atoms with Crippen molar-refractivity contribution in [1.29, 1.82) is 0 Å². The Kier molecular flexibility index (Phi) is 2.47. The van der Waals surface area contributed by atoms with E-state index in [1.54, 1.807) is 4.68 Å². The molecule has 3 heterocycles. The molecule has 1 aliphatic heterocycles. The van der Waals surface area contributed by atoms with Crippen LogP contribution in [0.1, 0.15) is 5.69 Å². The van der Waals surface area contributed by atoms with Crippen LogP contribution >= 0.6 is 0 Å². The maximum atomic E-state index is 4.66. The summed E-state index contributed by atoms with van der Waals surface area (Å²) in [6.07, 6.45) is 3.84. The molecule has 0 saturated heterocycles. The number of hydrogen-bond donors (Lipinski definition) is 1. The molecule has 5 heteroatoms. The molecule has 0 aromatic carbocycles. The number of anilines is 2. The lowest BCUT2D eigenvalue weighted by Crippen LogP contribution is -2.31. The van der Waals surface area contributed by atoms with Gasteiger partial charge in [-0.15, -0.1) is 0 Å². The van der Waals surface area contributed by atoms with Gasteiger partial charge in [-0.1, -0.05) is 0 Å². The van der Waals surface area contributed by atoms with E-state index < -0.39 is 0 Å². The highest BCUT2D eigenvalue weighted by molar-refractivity contribution is 5.78. The Morgan fingerprint density at radius 1 is 1.33 bits per heavy atom. The van der Waals surface area contributed by atoms with Crippen LogP contribution in [0.3, 0.4) is 0 Å². The summed E-state index contributed by atoms with van der Waals surface area (Å²) in [7, 11) is 4.04. The van der Waals surface area contributed by atoms with Gasteiger partial charge in [-0.3, -0.25) is 9.67 Å². The Morgan fingerprint density at radius 3 is 2.89 bits per heavy atom. The number of likely N-dealkylation sites (N-methyl/N-ethyl adjacent to an activating group) is 1. The van der Waals surface area contributed by atoms with E-state index in [1.165, 1.54) is 5.69 Å². The largest absolute Gasteiger partial charge is 0.380 e. The second-order valence-corrected chi connectivity index (χ2v) is 4.74. The lowest BCUT2D eigenvalue weighted by molar-refractivity contribution is 0.768. The first-order valence-electron chi connectivity index (χ1n) is 6.11. The molecule has 2 aromatic heterocycles. The molecule has 0 bridgehead atoms. The number of nitrogens with zero attached hydrogens (tertiary/aromatic N) is 4. The molecule has 0 spiro atoms. The summed E-state index contributed by atoms with van der Waals surface area (Å²) < 4.78 is 1.80. The van der Waals surface area contributed by atoms with E-state index in [9.17, 15) is 0 Å². The molecule has 0 fully saturated rings. The summed E-state index contributed by atoms with van der Waals surface area (Å²) in [5.41, 5.74) is 5.44. The molecule has 94 valence electrons. The van der Waals surface area contributed by atoms with Crippen LogP contribution in [0.4, 0.5) is 11.4 Å². The van der Waals surface area contributed by atoms with E-state index in [0.717, 1.165) is 35.7 Å². The number of pyridine rings is 1. The standard InChI is InChI=1S/C13H17N5/c1-9-13-12(17(2)5-4-14-13)6-11(16-9)10-7-15-18(3)8-10/h6-8,14H,4-5H2,1-3H3. The van der Waals surface area contributed by atoms with E-state index in [4.69, 9.17) is 0 Å². The van der Waals surface area contributed by atoms with Crippen LogP contribution in [0.5, 0.6) is 0 Å². The third-order valence-corrected chi connectivity index (χ3v) is 3.34. The van der Waals surface area contributed by atoms with E-state index in [-0.39, 0.29) is 0 Å². The Morgan fingerprint density at radius 2 is 2.17 bits per heavy atom. The van der Waals surface area contributed by atoms with Gasteiger partial charge in [-0.05, 0) is 13.0 Å². The van der Waals surface area contributed by atoms with Gasteiger partial charge in [0, 0.05) is 38.9 Å². The Hall–Kier alpha value is -2.04. The normalized spacial score (nSPS) is 14.3. The summed E-state index contributed by atoms with van der Waals surface area (Å²) >= 11 is 0. The van der Waals surface area contributed by atoms with Gasteiger partial charge in [0.2, 0.25) is 0 Å². The van der Waals surface area contributed by atoms with Crippen LogP contribution in [0.2, 0.25) is 0 Å². The molecule has 0 aliphatic carbocycles. The first kappa shape index (κ1) is 11.1. The van der Waals surface area contributed by atoms with Crippen molar-refractivity contribution in [2.45, 2.75) is 6.92 Å². The molecule has 2 aromatic rings. The molecule has 18 heavy (non-hydrogen) atoms. The summed E-state index contributed by atoms with van der Waals surface area (Å²) in [5.74, 6) is 0. The predicted octanol–water partition coefficient (Wildman–Crippen LogP) is 1.65. The van der Waals surface area contributed by atoms with Gasteiger partial charge in [-0.2, -0.15) is 5.10 Å². The van der Waals surface area contributed by atoms with Crippen LogP contribution in [0, 0.1) is 6.92 Å². The molecule has 0 atom stereocenters. The van der Waals surface area contributed by atoms with Crippen molar-refractivity contribution in [2.75, 3.05) is 30.4 Å². The third kappa shape index (κ3) is 1.72. The van der Waals surface area contributed by atoms with Gasteiger partial charge < -0.3 is 10.2 Å². The van der Waals surface area contributed by atoms with Crippen molar-refractivity contribution in [3.8, 4) is 11.3 Å². The minimum Gasteiger partial charge on any atom is -0.380 e. The second-order valence-electron chi connectivity index (χ2n) is 4.74. The zero-order valence-corrected chi connectivity index (χ0v) is 10.9.